The largest absolute Gasteiger partial charge is 0.481 e. The lowest BCUT2D eigenvalue weighted by Gasteiger charge is -2.40. The third-order valence-corrected chi connectivity index (χ3v) is 6.57. The number of hydrazone groups is 1. The number of carboxylic acids is 1. The Kier molecular flexibility index (Phi) is 7.26. The SMILES string of the molecule is NN=Cc1ccc(C(=O)C2(N)c3ccccc3CC(CC(=O)O)C(=O)N2CCc2ccccc2)cc1. The Morgan fingerprint density at radius 2 is 1.69 bits per heavy atom. The van der Waals surface area contributed by atoms with E-state index >= 15 is 0 Å². The van der Waals surface area contributed by atoms with E-state index in [-0.39, 0.29) is 19.4 Å². The average molecular weight is 485 g/mol. The molecule has 1 heterocycles. The molecule has 8 heteroatoms. The first kappa shape index (κ1) is 24.8. The minimum absolute atomic E-state index is 0.146. The minimum Gasteiger partial charge on any atom is -0.481 e. The number of aliphatic carboxylic acids is 1. The van der Waals surface area contributed by atoms with Crippen LogP contribution in [0.5, 0.6) is 0 Å². The summed E-state index contributed by atoms with van der Waals surface area (Å²) in [6.07, 6.45) is 1.74. The monoisotopic (exact) mass is 484 g/mol. The van der Waals surface area contributed by atoms with Crippen molar-refractivity contribution in [3.63, 3.8) is 0 Å². The number of carboxylic acid groups (broad SMARTS) is 1. The fourth-order valence-electron chi connectivity index (χ4n) is 4.78. The second kappa shape index (κ2) is 10.5. The lowest BCUT2D eigenvalue weighted by molar-refractivity contribution is -0.146. The Morgan fingerprint density at radius 3 is 2.36 bits per heavy atom. The van der Waals surface area contributed by atoms with E-state index in [9.17, 15) is 19.5 Å². The Morgan fingerprint density at radius 1 is 1.03 bits per heavy atom. The molecule has 0 aromatic heterocycles. The summed E-state index contributed by atoms with van der Waals surface area (Å²) in [5.74, 6) is 2.39. The van der Waals surface area contributed by atoms with E-state index in [4.69, 9.17) is 11.6 Å². The van der Waals surface area contributed by atoms with E-state index in [2.05, 4.69) is 5.10 Å². The van der Waals surface area contributed by atoms with E-state index in [1.807, 2.05) is 30.3 Å². The van der Waals surface area contributed by atoms with E-state index < -0.39 is 29.2 Å². The summed E-state index contributed by atoms with van der Waals surface area (Å²) in [5.41, 5.74) is 8.35. The topological polar surface area (TPSA) is 139 Å². The van der Waals surface area contributed by atoms with Crippen LogP contribution < -0.4 is 11.6 Å². The van der Waals surface area contributed by atoms with Gasteiger partial charge in [-0.15, -0.1) is 0 Å². The molecule has 0 saturated heterocycles. The number of fused-ring (bicyclic) bond motifs is 1. The summed E-state index contributed by atoms with van der Waals surface area (Å²) in [5, 5.41) is 13.0. The molecule has 36 heavy (non-hydrogen) atoms. The standard InChI is InChI=1S/C28H28N4O4/c29-28(26(35)21-12-10-20(11-13-21)18-31-30)24-9-5-4-8-22(24)16-23(17-25(33)34)27(36)32(28)15-14-19-6-2-1-3-7-19/h1-13,18,23H,14-17,29-30H2,(H,33,34). The summed E-state index contributed by atoms with van der Waals surface area (Å²) < 4.78 is 0. The van der Waals surface area contributed by atoms with Crippen LogP contribution in [0.3, 0.4) is 0 Å². The van der Waals surface area contributed by atoms with Gasteiger partial charge in [-0.1, -0.05) is 78.9 Å². The maximum atomic E-state index is 14.1. The highest BCUT2D eigenvalue weighted by atomic mass is 16.4. The van der Waals surface area contributed by atoms with Crippen LogP contribution in [-0.2, 0) is 28.1 Å². The number of Topliss-reactive ketones (excluding diaryl/α,β-unsaturated/α-hetero) is 1. The van der Waals surface area contributed by atoms with Crippen molar-refractivity contribution in [2.24, 2.45) is 22.6 Å². The molecule has 1 amide bonds. The van der Waals surface area contributed by atoms with Gasteiger partial charge in [0.05, 0.1) is 18.6 Å². The molecule has 1 aliphatic heterocycles. The number of ketones is 1. The fraction of sp³-hybridized carbons (Fsp3) is 0.214. The zero-order valence-corrected chi connectivity index (χ0v) is 19.7. The van der Waals surface area contributed by atoms with E-state index in [1.54, 1.807) is 48.5 Å². The highest BCUT2D eigenvalue weighted by Crippen LogP contribution is 2.37. The molecule has 0 aliphatic carbocycles. The van der Waals surface area contributed by atoms with Crippen molar-refractivity contribution in [3.8, 4) is 0 Å². The predicted octanol–water partition coefficient (Wildman–Crippen LogP) is 2.69. The Hall–Kier alpha value is -4.30. The van der Waals surface area contributed by atoms with Crippen LogP contribution in [0.25, 0.3) is 0 Å². The molecule has 0 spiro atoms. The zero-order valence-electron chi connectivity index (χ0n) is 19.7. The molecule has 0 radical (unpaired) electrons. The van der Waals surface area contributed by atoms with Gasteiger partial charge in [0, 0.05) is 17.7 Å². The second-order valence-electron chi connectivity index (χ2n) is 8.88. The zero-order chi connectivity index (χ0) is 25.7. The first-order valence-corrected chi connectivity index (χ1v) is 11.7. The van der Waals surface area contributed by atoms with Crippen LogP contribution in [0.15, 0.2) is 84.0 Å². The molecule has 3 aromatic rings. The molecule has 4 rings (SSSR count). The van der Waals surface area contributed by atoms with Gasteiger partial charge in [0.1, 0.15) is 0 Å². The van der Waals surface area contributed by atoms with Crippen LogP contribution in [0.2, 0.25) is 0 Å². The van der Waals surface area contributed by atoms with Crippen LogP contribution in [0, 0.1) is 5.92 Å². The summed E-state index contributed by atoms with van der Waals surface area (Å²) in [6, 6.07) is 23.3. The molecule has 8 nitrogen and oxygen atoms in total. The fourth-order valence-corrected chi connectivity index (χ4v) is 4.78. The third kappa shape index (κ3) is 4.89. The lowest BCUT2D eigenvalue weighted by Crippen LogP contribution is -2.61. The summed E-state index contributed by atoms with van der Waals surface area (Å²) in [6.45, 7) is 0.146. The molecule has 184 valence electrons. The Balaban J connectivity index is 1.83. The highest BCUT2D eigenvalue weighted by Gasteiger charge is 2.49. The summed E-state index contributed by atoms with van der Waals surface area (Å²) in [4.78, 5) is 41.0. The molecule has 1 aliphatic rings. The first-order chi connectivity index (χ1) is 17.3. The van der Waals surface area contributed by atoms with Crippen LogP contribution in [0.4, 0.5) is 0 Å². The van der Waals surface area contributed by atoms with Gasteiger partial charge >= 0.3 is 5.97 Å². The predicted molar refractivity (Wildman–Crippen MR) is 136 cm³/mol. The van der Waals surface area contributed by atoms with Gasteiger partial charge < -0.3 is 15.8 Å². The smallest absolute Gasteiger partial charge is 0.304 e. The van der Waals surface area contributed by atoms with Crippen molar-refractivity contribution in [3.05, 3.63) is 107 Å². The van der Waals surface area contributed by atoms with Crippen molar-refractivity contribution in [2.45, 2.75) is 24.9 Å². The number of carbonyl (C=O) groups is 3. The number of hydrogen-bond donors (Lipinski definition) is 3. The minimum atomic E-state index is -1.82. The van der Waals surface area contributed by atoms with Gasteiger partial charge in [-0.2, -0.15) is 5.10 Å². The maximum Gasteiger partial charge on any atom is 0.304 e. The normalized spacial score (nSPS) is 19.6. The van der Waals surface area contributed by atoms with Crippen molar-refractivity contribution in [1.29, 1.82) is 0 Å². The van der Waals surface area contributed by atoms with Gasteiger partial charge in [0.25, 0.3) is 0 Å². The van der Waals surface area contributed by atoms with Crippen molar-refractivity contribution < 1.29 is 19.5 Å². The second-order valence-corrected chi connectivity index (χ2v) is 8.88. The van der Waals surface area contributed by atoms with Crippen LogP contribution in [-0.4, -0.2) is 40.4 Å². The maximum absolute atomic E-state index is 14.1. The van der Waals surface area contributed by atoms with Gasteiger partial charge in [0.15, 0.2) is 5.66 Å². The Bertz CT molecular complexity index is 1290. The van der Waals surface area contributed by atoms with Gasteiger partial charge in [0.2, 0.25) is 11.7 Å². The number of rotatable bonds is 8. The van der Waals surface area contributed by atoms with Crippen LogP contribution >= 0.6 is 0 Å². The number of benzene rings is 3. The van der Waals surface area contributed by atoms with Crippen molar-refractivity contribution in [1.82, 2.24) is 4.90 Å². The first-order valence-electron chi connectivity index (χ1n) is 11.7. The summed E-state index contributed by atoms with van der Waals surface area (Å²) >= 11 is 0. The van der Waals surface area contributed by atoms with Crippen molar-refractivity contribution >= 4 is 23.9 Å². The van der Waals surface area contributed by atoms with Gasteiger partial charge in [-0.05, 0) is 29.5 Å². The Labute approximate surface area is 209 Å². The molecule has 2 unspecified atom stereocenters. The molecule has 0 bridgehead atoms. The summed E-state index contributed by atoms with van der Waals surface area (Å²) in [7, 11) is 0. The molecule has 5 N–H and O–H groups in total. The lowest BCUT2D eigenvalue weighted by atomic mass is 9.86. The van der Waals surface area contributed by atoms with Crippen molar-refractivity contribution in [2.75, 3.05) is 6.54 Å². The van der Waals surface area contributed by atoms with Crippen LogP contribution in [0.1, 0.15) is 39.0 Å². The number of carbonyl (C=O) groups excluding carboxylic acids is 2. The third-order valence-electron chi connectivity index (χ3n) is 6.57. The highest BCUT2D eigenvalue weighted by molar-refractivity contribution is 6.06. The van der Waals surface area contributed by atoms with Gasteiger partial charge in [-0.3, -0.25) is 20.1 Å². The quantitative estimate of drug-likeness (QED) is 0.194. The molecule has 2 atom stereocenters. The van der Waals surface area contributed by atoms with E-state index in [0.29, 0.717) is 28.7 Å². The van der Waals surface area contributed by atoms with E-state index in [0.717, 1.165) is 5.56 Å². The number of amides is 1. The molecule has 0 saturated carbocycles. The number of nitrogens with two attached hydrogens (primary N) is 2. The van der Waals surface area contributed by atoms with Gasteiger partial charge in [-0.25, -0.2) is 0 Å². The molecule has 0 fully saturated rings. The molecular formula is C28H28N4O4. The average Bonchev–Trinajstić information content (AvgIpc) is 2.97. The molecular weight excluding hydrogens is 456 g/mol. The molecule has 3 aromatic carbocycles. The van der Waals surface area contributed by atoms with E-state index in [1.165, 1.54) is 11.1 Å². The number of hydrogen-bond acceptors (Lipinski definition) is 6. The number of nitrogens with zero attached hydrogens (tertiary/aromatic N) is 2.